The average molecular weight is 460 g/mol. The molecule has 3 aromatic rings. The Morgan fingerprint density at radius 2 is 1.62 bits per heavy atom. The van der Waals surface area contributed by atoms with E-state index in [1.54, 1.807) is 24.3 Å². The Bertz CT molecular complexity index is 1270. The van der Waals surface area contributed by atoms with E-state index in [9.17, 15) is 19.1 Å². The Hall–Kier alpha value is -3.93. The summed E-state index contributed by atoms with van der Waals surface area (Å²) < 4.78 is 19.3. The molecule has 6 heteroatoms. The molecule has 3 aromatic carbocycles. The van der Waals surface area contributed by atoms with Crippen LogP contribution >= 0.6 is 0 Å². The number of halogens is 1. The predicted molar refractivity (Wildman–Crippen MR) is 129 cm³/mol. The Labute approximate surface area is 198 Å². The van der Waals surface area contributed by atoms with Gasteiger partial charge in [-0.3, -0.25) is 14.5 Å². The quantitative estimate of drug-likeness (QED) is 0.295. The first-order valence-corrected chi connectivity index (χ1v) is 11.1. The van der Waals surface area contributed by atoms with Crippen molar-refractivity contribution in [1.82, 2.24) is 0 Å². The van der Waals surface area contributed by atoms with Crippen molar-refractivity contribution in [3.63, 3.8) is 0 Å². The largest absolute Gasteiger partial charge is 0.507 e. The SMILES string of the molecule is Cc1cc(C)cc(N2C(=O)C(=O)/C(=C(/O)c3ccc(F)cc3)C2c2cccc(OC(C)C)c2)c1. The summed E-state index contributed by atoms with van der Waals surface area (Å²) in [6.07, 6.45) is -0.0692. The molecule has 4 rings (SSSR count). The molecule has 1 unspecified atom stereocenters. The summed E-state index contributed by atoms with van der Waals surface area (Å²) in [6.45, 7) is 7.64. The molecular formula is C28H26FNO4. The number of hydrogen-bond acceptors (Lipinski definition) is 4. The van der Waals surface area contributed by atoms with Crippen LogP contribution in [0.2, 0.25) is 0 Å². The highest BCUT2D eigenvalue weighted by Crippen LogP contribution is 2.43. The molecule has 0 bridgehead atoms. The third-order valence-corrected chi connectivity index (χ3v) is 5.59. The number of aliphatic hydroxyl groups excluding tert-OH is 1. The normalized spacial score (nSPS) is 17.5. The molecule has 1 atom stereocenters. The summed E-state index contributed by atoms with van der Waals surface area (Å²) in [6, 6.07) is 17.0. The van der Waals surface area contributed by atoms with Gasteiger partial charge in [0.2, 0.25) is 0 Å². The highest BCUT2D eigenvalue weighted by Gasteiger charge is 2.47. The number of hydrogen-bond donors (Lipinski definition) is 1. The smallest absolute Gasteiger partial charge is 0.300 e. The molecule has 174 valence electrons. The standard InChI is InChI=1S/C28H26FNO4/c1-16(2)34-23-7-5-6-20(15-23)25-24(26(31)19-8-10-21(29)11-9-19)27(32)28(33)30(25)22-13-17(3)12-18(4)14-22/h5-16,25,31H,1-4H3/b26-24+. The number of anilines is 1. The third kappa shape index (κ3) is 4.44. The van der Waals surface area contributed by atoms with E-state index in [0.29, 0.717) is 17.0 Å². The van der Waals surface area contributed by atoms with Crippen LogP contribution in [0.5, 0.6) is 5.75 Å². The van der Waals surface area contributed by atoms with Gasteiger partial charge >= 0.3 is 0 Å². The minimum Gasteiger partial charge on any atom is -0.507 e. The Kier molecular flexibility index (Phi) is 6.24. The first kappa shape index (κ1) is 23.2. The van der Waals surface area contributed by atoms with E-state index >= 15 is 0 Å². The zero-order valence-electron chi connectivity index (χ0n) is 19.5. The van der Waals surface area contributed by atoms with E-state index in [1.807, 2.05) is 45.9 Å². The number of carbonyl (C=O) groups excluding carboxylic acids is 2. The molecule has 1 fully saturated rings. The molecule has 1 aliphatic heterocycles. The molecule has 0 spiro atoms. The van der Waals surface area contributed by atoms with Crippen LogP contribution in [0, 0.1) is 19.7 Å². The summed E-state index contributed by atoms with van der Waals surface area (Å²) >= 11 is 0. The number of ketones is 1. The summed E-state index contributed by atoms with van der Waals surface area (Å²) in [4.78, 5) is 28.0. The fourth-order valence-electron chi connectivity index (χ4n) is 4.30. The maximum absolute atomic E-state index is 13.5. The molecule has 0 aromatic heterocycles. The number of Topliss-reactive ketones (excluding diaryl/α,β-unsaturated/α-hetero) is 1. The second-order valence-corrected chi connectivity index (χ2v) is 8.76. The predicted octanol–water partition coefficient (Wildman–Crippen LogP) is 5.86. The van der Waals surface area contributed by atoms with Gasteiger partial charge < -0.3 is 9.84 Å². The minimum absolute atomic E-state index is 0.0579. The zero-order valence-corrected chi connectivity index (χ0v) is 19.5. The number of ether oxygens (including phenoxy) is 1. The van der Waals surface area contributed by atoms with Crippen molar-refractivity contribution in [1.29, 1.82) is 0 Å². The summed E-state index contributed by atoms with van der Waals surface area (Å²) in [5.41, 5.74) is 3.23. The van der Waals surface area contributed by atoms with Gasteiger partial charge in [-0.1, -0.05) is 18.2 Å². The summed E-state index contributed by atoms with van der Waals surface area (Å²) in [5, 5.41) is 11.1. The lowest BCUT2D eigenvalue weighted by Crippen LogP contribution is -2.29. The second-order valence-electron chi connectivity index (χ2n) is 8.76. The van der Waals surface area contributed by atoms with Crippen LogP contribution in [0.4, 0.5) is 10.1 Å². The first-order valence-electron chi connectivity index (χ1n) is 11.1. The molecule has 1 heterocycles. The zero-order chi connectivity index (χ0) is 24.6. The highest BCUT2D eigenvalue weighted by atomic mass is 19.1. The number of amides is 1. The third-order valence-electron chi connectivity index (χ3n) is 5.59. The van der Waals surface area contributed by atoms with Crippen molar-refractivity contribution >= 4 is 23.1 Å². The number of aryl methyl sites for hydroxylation is 2. The molecule has 0 saturated carbocycles. The van der Waals surface area contributed by atoms with E-state index in [0.717, 1.165) is 11.1 Å². The maximum atomic E-state index is 13.5. The number of carbonyl (C=O) groups is 2. The number of aliphatic hydroxyl groups is 1. The van der Waals surface area contributed by atoms with Crippen LogP contribution in [0.3, 0.4) is 0 Å². The van der Waals surface area contributed by atoms with Crippen molar-refractivity contribution in [2.75, 3.05) is 4.90 Å². The molecular weight excluding hydrogens is 433 g/mol. The lowest BCUT2D eigenvalue weighted by molar-refractivity contribution is -0.132. The van der Waals surface area contributed by atoms with Crippen molar-refractivity contribution < 1.29 is 23.8 Å². The number of benzene rings is 3. The van der Waals surface area contributed by atoms with Gasteiger partial charge in [-0.25, -0.2) is 4.39 Å². The minimum atomic E-state index is -0.887. The summed E-state index contributed by atoms with van der Waals surface area (Å²) in [5.74, 6) is -1.79. The van der Waals surface area contributed by atoms with Crippen molar-refractivity contribution in [3.8, 4) is 5.75 Å². The molecule has 0 aliphatic carbocycles. The number of rotatable bonds is 5. The van der Waals surface area contributed by atoms with Crippen LogP contribution in [0.15, 0.2) is 72.3 Å². The maximum Gasteiger partial charge on any atom is 0.300 e. The molecule has 1 aliphatic rings. The van der Waals surface area contributed by atoms with Crippen LogP contribution in [-0.2, 0) is 9.59 Å². The second kappa shape index (κ2) is 9.14. The highest BCUT2D eigenvalue weighted by molar-refractivity contribution is 6.51. The van der Waals surface area contributed by atoms with E-state index in [2.05, 4.69) is 0 Å². The molecule has 1 N–H and O–H groups in total. The van der Waals surface area contributed by atoms with Crippen LogP contribution in [0.25, 0.3) is 5.76 Å². The van der Waals surface area contributed by atoms with E-state index in [4.69, 9.17) is 4.74 Å². The monoisotopic (exact) mass is 459 g/mol. The van der Waals surface area contributed by atoms with Gasteiger partial charge in [0.15, 0.2) is 0 Å². The molecule has 0 radical (unpaired) electrons. The van der Waals surface area contributed by atoms with Gasteiger partial charge in [0, 0.05) is 11.3 Å². The van der Waals surface area contributed by atoms with Gasteiger partial charge in [0.1, 0.15) is 17.3 Å². The Balaban J connectivity index is 1.95. The Morgan fingerprint density at radius 3 is 2.24 bits per heavy atom. The summed E-state index contributed by atoms with van der Waals surface area (Å²) in [7, 11) is 0. The first-order chi connectivity index (χ1) is 16.2. The van der Waals surface area contributed by atoms with Crippen LogP contribution < -0.4 is 9.64 Å². The van der Waals surface area contributed by atoms with E-state index in [-0.39, 0.29) is 23.0 Å². The van der Waals surface area contributed by atoms with Gasteiger partial charge in [0.25, 0.3) is 11.7 Å². The molecule has 1 amide bonds. The van der Waals surface area contributed by atoms with Gasteiger partial charge in [-0.05, 0) is 92.9 Å². The lowest BCUT2D eigenvalue weighted by Gasteiger charge is -2.26. The molecule has 5 nitrogen and oxygen atoms in total. The van der Waals surface area contributed by atoms with Crippen molar-refractivity contribution in [2.45, 2.75) is 39.8 Å². The van der Waals surface area contributed by atoms with Gasteiger partial charge in [0.05, 0.1) is 17.7 Å². The van der Waals surface area contributed by atoms with Crippen molar-refractivity contribution in [2.24, 2.45) is 0 Å². The van der Waals surface area contributed by atoms with Gasteiger partial charge in [-0.2, -0.15) is 0 Å². The van der Waals surface area contributed by atoms with Crippen LogP contribution in [0.1, 0.15) is 42.1 Å². The van der Waals surface area contributed by atoms with Crippen molar-refractivity contribution in [3.05, 3.63) is 100 Å². The van der Waals surface area contributed by atoms with E-state index in [1.165, 1.54) is 29.2 Å². The van der Waals surface area contributed by atoms with Crippen LogP contribution in [-0.4, -0.2) is 22.9 Å². The van der Waals surface area contributed by atoms with E-state index < -0.39 is 23.5 Å². The molecule has 1 saturated heterocycles. The fourth-order valence-corrected chi connectivity index (χ4v) is 4.30. The fraction of sp³-hybridized carbons (Fsp3) is 0.214. The Morgan fingerprint density at radius 1 is 0.971 bits per heavy atom. The molecule has 34 heavy (non-hydrogen) atoms. The topological polar surface area (TPSA) is 66.8 Å². The average Bonchev–Trinajstić information content (AvgIpc) is 3.03. The lowest BCUT2D eigenvalue weighted by atomic mass is 9.94. The van der Waals surface area contributed by atoms with Gasteiger partial charge in [-0.15, -0.1) is 0 Å². The number of nitrogens with zero attached hydrogens (tertiary/aromatic N) is 1.